The van der Waals surface area contributed by atoms with Gasteiger partial charge in [0.25, 0.3) is 5.91 Å². The first-order chi connectivity index (χ1) is 21.1. The molecule has 1 aromatic heterocycles. The number of likely N-dealkylation sites (N-methyl/N-ethyl adjacent to an activating group) is 1. The van der Waals surface area contributed by atoms with E-state index in [1.807, 2.05) is 0 Å². The minimum atomic E-state index is -0.374. The van der Waals surface area contributed by atoms with Crippen LogP contribution >= 0.6 is 0 Å². The SMILES string of the molecule is [C-]#[N+]C[C@H]1CN(c2nc(OC[C@@H]3CCCN3C)nc3c2CCN(c2cccc4ccccc24)C3)CCN1C(=O)C#CCO. The van der Waals surface area contributed by atoms with Crippen molar-refractivity contribution in [3.63, 3.8) is 0 Å². The number of fused-ring (bicyclic) bond motifs is 2. The van der Waals surface area contributed by atoms with Gasteiger partial charge in [-0.1, -0.05) is 42.3 Å². The van der Waals surface area contributed by atoms with Gasteiger partial charge in [-0.3, -0.25) is 4.79 Å². The average molecular weight is 580 g/mol. The van der Waals surface area contributed by atoms with Gasteiger partial charge in [-0.05, 0) is 50.2 Å². The van der Waals surface area contributed by atoms with E-state index in [1.165, 1.54) is 16.5 Å². The lowest BCUT2D eigenvalue weighted by atomic mass is 10.0. The maximum Gasteiger partial charge on any atom is 0.318 e. The summed E-state index contributed by atoms with van der Waals surface area (Å²) < 4.78 is 6.28. The fourth-order valence-electron chi connectivity index (χ4n) is 6.53. The number of piperazine rings is 1. The van der Waals surface area contributed by atoms with Crippen LogP contribution in [-0.4, -0.2) is 102 Å². The fraction of sp³-hybridized carbons (Fsp3) is 0.455. The third-order valence-electron chi connectivity index (χ3n) is 8.83. The smallest absolute Gasteiger partial charge is 0.318 e. The van der Waals surface area contributed by atoms with E-state index in [4.69, 9.17) is 26.4 Å². The van der Waals surface area contributed by atoms with Crippen LogP contribution in [0.5, 0.6) is 6.01 Å². The fourth-order valence-corrected chi connectivity index (χ4v) is 6.53. The van der Waals surface area contributed by atoms with E-state index < -0.39 is 0 Å². The van der Waals surface area contributed by atoms with Crippen LogP contribution in [0.3, 0.4) is 0 Å². The minimum absolute atomic E-state index is 0.169. The van der Waals surface area contributed by atoms with Crippen LogP contribution in [-0.2, 0) is 17.8 Å². The summed E-state index contributed by atoms with van der Waals surface area (Å²) in [6, 6.07) is 15.3. The Morgan fingerprint density at radius 1 is 1.09 bits per heavy atom. The first kappa shape index (κ1) is 28.7. The molecule has 0 bridgehead atoms. The highest BCUT2D eigenvalue weighted by Gasteiger charge is 2.35. The number of rotatable bonds is 6. The molecule has 3 aliphatic rings. The Hall–Kier alpha value is -4.38. The second-order valence-corrected chi connectivity index (χ2v) is 11.4. The molecule has 1 amide bonds. The molecular weight excluding hydrogens is 542 g/mol. The molecule has 2 atom stereocenters. The number of benzene rings is 2. The zero-order valence-corrected chi connectivity index (χ0v) is 24.6. The number of anilines is 2. The molecule has 2 fully saturated rings. The molecule has 10 nitrogen and oxygen atoms in total. The van der Waals surface area contributed by atoms with E-state index in [9.17, 15) is 4.79 Å². The minimum Gasteiger partial charge on any atom is -0.462 e. The maximum atomic E-state index is 12.7. The van der Waals surface area contributed by atoms with E-state index >= 15 is 0 Å². The lowest BCUT2D eigenvalue weighted by molar-refractivity contribution is -0.127. The van der Waals surface area contributed by atoms with Gasteiger partial charge < -0.3 is 34.3 Å². The molecule has 0 radical (unpaired) electrons. The van der Waals surface area contributed by atoms with Crippen LogP contribution in [0.1, 0.15) is 24.1 Å². The number of hydrogen-bond donors (Lipinski definition) is 1. The quantitative estimate of drug-likeness (QED) is 0.352. The summed E-state index contributed by atoms with van der Waals surface area (Å²) in [5.74, 6) is 5.42. The van der Waals surface area contributed by atoms with Crippen molar-refractivity contribution in [2.75, 3.05) is 69.3 Å². The number of carbonyl (C=O) groups excluding carboxylic acids is 1. The van der Waals surface area contributed by atoms with E-state index in [-0.39, 0.29) is 25.1 Å². The van der Waals surface area contributed by atoms with Crippen molar-refractivity contribution >= 4 is 28.2 Å². The number of aliphatic hydroxyl groups excluding tert-OH is 1. The van der Waals surface area contributed by atoms with Crippen molar-refractivity contribution in [3.8, 4) is 17.9 Å². The topological polar surface area (TPSA) is 89.6 Å². The van der Waals surface area contributed by atoms with E-state index in [0.717, 1.165) is 49.4 Å². The van der Waals surface area contributed by atoms with Crippen molar-refractivity contribution in [3.05, 3.63) is 65.1 Å². The third kappa shape index (κ3) is 6.08. The highest BCUT2D eigenvalue weighted by molar-refractivity contribution is 5.95. The Morgan fingerprint density at radius 3 is 2.77 bits per heavy atom. The maximum absolute atomic E-state index is 12.7. The lowest BCUT2D eigenvalue weighted by Gasteiger charge is -2.40. The highest BCUT2D eigenvalue weighted by Crippen LogP contribution is 2.35. The molecular formula is C33H37N7O3. The molecule has 2 saturated heterocycles. The summed E-state index contributed by atoms with van der Waals surface area (Å²) in [5, 5.41) is 11.5. The standard InChI is InChI=1S/C33H37N7O3/c1-34-20-26-21-39(17-18-40(26)31(42)13-7-19-41)32-28-14-16-38(30-12-5-9-24-8-3-4-11-27(24)30)22-29(28)35-33(36-32)43-23-25-10-6-15-37(25)2/h3-5,8-9,11-12,25-26,41H,6,10,14-23H2,2H3/t25-,26-/m0/s1. The lowest BCUT2D eigenvalue weighted by Crippen LogP contribution is -2.56. The Kier molecular flexibility index (Phi) is 8.59. The predicted molar refractivity (Wildman–Crippen MR) is 166 cm³/mol. The predicted octanol–water partition coefficient (Wildman–Crippen LogP) is 2.60. The Morgan fingerprint density at radius 2 is 1.95 bits per heavy atom. The third-order valence-corrected chi connectivity index (χ3v) is 8.83. The van der Waals surface area contributed by atoms with Gasteiger partial charge in [-0.15, -0.1) is 0 Å². The normalized spacial score (nSPS) is 20.3. The van der Waals surface area contributed by atoms with E-state index in [0.29, 0.717) is 44.8 Å². The van der Waals surface area contributed by atoms with Crippen LogP contribution in [0.2, 0.25) is 0 Å². The molecule has 0 saturated carbocycles. The van der Waals surface area contributed by atoms with E-state index in [2.05, 4.69) is 80.9 Å². The van der Waals surface area contributed by atoms with Gasteiger partial charge in [-0.2, -0.15) is 9.97 Å². The van der Waals surface area contributed by atoms with Crippen LogP contribution in [0.4, 0.5) is 11.5 Å². The van der Waals surface area contributed by atoms with Gasteiger partial charge in [0.2, 0.25) is 6.54 Å². The zero-order valence-electron chi connectivity index (χ0n) is 24.6. The molecule has 0 aliphatic carbocycles. The molecule has 0 unspecified atom stereocenters. The Labute approximate surface area is 252 Å². The molecule has 0 spiro atoms. The number of aromatic nitrogens is 2. The van der Waals surface area contributed by atoms with Crippen molar-refractivity contribution in [1.29, 1.82) is 0 Å². The molecule has 3 aromatic rings. The Bertz CT molecular complexity index is 1590. The number of ether oxygens (including phenoxy) is 1. The van der Waals surface area contributed by atoms with Crippen molar-refractivity contribution in [2.24, 2.45) is 0 Å². The Balaban J connectivity index is 1.31. The average Bonchev–Trinajstić information content (AvgIpc) is 3.46. The first-order valence-electron chi connectivity index (χ1n) is 15.0. The number of amides is 1. The second kappa shape index (κ2) is 12.9. The van der Waals surface area contributed by atoms with Gasteiger partial charge in [-0.25, -0.2) is 6.57 Å². The van der Waals surface area contributed by atoms with Gasteiger partial charge in [0.05, 0.1) is 12.2 Å². The van der Waals surface area contributed by atoms with Crippen LogP contribution in [0.25, 0.3) is 15.6 Å². The van der Waals surface area contributed by atoms with Gasteiger partial charge in [0.15, 0.2) is 0 Å². The molecule has 4 heterocycles. The second-order valence-electron chi connectivity index (χ2n) is 11.4. The molecule has 3 aliphatic heterocycles. The van der Waals surface area contributed by atoms with Crippen molar-refractivity contribution < 1.29 is 14.6 Å². The van der Waals surface area contributed by atoms with Crippen molar-refractivity contribution in [2.45, 2.75) is 37.9 Å². The first-order valence-corrected chi connectivity index (χ1v) is 15.0. The molecule has 1 N–H and O–H groups in total. The summed E-state index contributed by atoms with van der Waals surface area (Å²) in [6.07, 6.45) is 3.03. The van der Waals surface area contributed by atoms with Crippen molar-refractivity contribution in [1.82, 2.24) is 19.8 Å². The summed E-state index contributed by atoms with van der Waals surface area (Å²) in [5.41, 5.74) is 3.24. The van der Waals surface area contributed by atoms with Crippen LogP contribution < -0.4 is 14.5 Å². The van der Waals surface area contributed by atoms with Crippen LogP contribution in [0, 0.1) is 18.4 Å². The summed E-state index contributed by atoms with van der Waals surface area (Å²) in [7, 11) is 2.13. The summed E-state index contributed by atoms with van der Waals surface area (Å²) in [6.45, 7) is 11.8. The summed E-state index contributed by atoms with van der Waals surface area (Å²) >= 11 is 0. The number of nitrogens with zero attached hydrogens (tertiary/aromatic N) is 7. The number of carbonyl (C=O) groups is 1. The largest absolute Gasteiger partial charge is 0.462 e. The molecule has 6 rings (SSSR count). The van der Waals surface area contributed by atoms with Gasteiger partial charge in [0, 0.05) is 48.9 Å². The van der Waals surface area contributed by atoms with Gasteiger partial charge >= 0.3 is 6.01 Å². The molecule has 10 heteroatoms. The number of aliphatic hydroxyl groups is 1. The number of likely N-dealkylation sites (tertiary alicyclic amines) is 1. The monoisotopic (exact) mass is 579 g/mol. The van der Waals surface area contributed by atoms with Crippen LogP contribution in [0.15, 0.2) is 42.5 Å². The summed E-state index contributed by atoms with van der Waals surface area (Å²) in [4.78, 5) is 34.8. The molecule has 2 aromatic carbocycles. The number of hydrogen-bond acceptors (Lipinski definition) is 8. The van der Waals surface area contributed by atoms with Gasteiger partial charge in [0.1, 0.15) is 25.1 Å². The van der Waals surface area contributed by atoms with E-state index in [1.54, 1.807) is 4.90 Å². The molecule has 222 valence electrons. The zero-order chi connectivity index (χ0) is 29.8. The molecule has 43 heavy (non-hydrogen) atoms. The highest BCUT2D eigenvalue weighted by atomic mass is 16.5.